The van der Waals surface area contributed by atoms with Crippen LogP contribution in [0.4, 0.5) is 0 Å². The van der Waals surface area contributed by atoms with E-state index in [1.165, 1.54) is 5.56 Å². The summed E-state index contributed by atoms with van der Waals surface area (Å²) in [7, 11) is 0. The van der Waals surface area contributed by atoms with E-state index in [4.69, 9.17) is 4.52 Å². The number of benzene rings is 1. The third-order valence-corrected chi connectivity index (χ3v) is 4.90. The highest BCUT2D eigenvalue weighted by atomic mass is 16.5. The van der Waals surface area contributed by atoms with Gasteiger partial charge >= 0.3 is 0 Å². The van der Waals surface area contributed by atoms with Gasteiger partial charge < -0.3 is 9.42 Å². The van der Waals surface area contributed by atoms with E-state index in [1.54, 1.807) is 0 Å². The van der Waals surface area contributed by atoms with E-state index in [2.05, 4.69) is 40.5 Å². The van der Waals surface area contributed by atoms with Crippen LogP contribution in [0.1, 0.15) is 68.6 Å². The summed E-state index contributed by atoms with van der Waals surface area (Å²) in [6.45, 7) is 5.74. The Bertz CT molecular complexity index is 681. The summed E-state index contributed by atoms with van der Waals surface area (Å²) in [5.74, 6) is 2.27. The van der Waals surface area contributed by atoms with Gasteiger partial charge in [-0.1, -0.05) is 49.3 Å². The van der Waals surface area contributed by atoms with Gasteiger partial charge in [0.1, 0.15) is 0 Å². The van der Waals surface area contributed by atoms with E-state index < -0.39 is 0 Å². The number of amides is 1. The number of likely N-dealkylation sites (tertiary alicyclic amines) is 1. The highest BCUT2D eigenvalue weighted by Gasteiger charge is 2.22. The summed E-state index contributed by atoms with van der Waals surface area (Å²) in [4.78, 5) is 18.9. The molecule has 0 unspecified atom stereocenters. The van der Waals surface area contributed by atoms with Crippen LogP contribution < -0.4 is 0 Å². The van der Waals surface area contributed by atoms with Gasteiger partial charge in [0.2, 0.25) is 11.8 Å². The van der Waals surface area contributed by atoms with Crippen LogP contribution in [0, 0.1) is 0 Å². The molecule has 1 aliphatic rings. The third kappa shape index (κ3) is 4.68. The molecule has 134 valence electrons. The van der Waals surface area contributed by atoms with Crippen molar-refractivity contribution in [3.05, 3.63) is 47.6 Å². The maximum atomic E-state index is 12.5. The van der Waals surface area contributed by atoms with Gasteiger partial charge in [-0.05, 0) is 30.7 Å². The van der Waals surface area contributed by atoms with Crippen LogP contribution in [0.25, 0.3) is 0 Å². The quantitative estimate of drug-likeness (QED) is 0.827. The topological polar surface area (TPSA) is 59.2 Å². The van der Waals surface area contributed by atoms with Crippen molar-refractivity contribution in [2.24, 2.45) is 0 Å². The van der Waals surface area contributed by atoms with Crippen molar-refractivity contribution >= 4 is 5.91 Å². The molecule has 1 amide bonds. The van der Waals surface area contributed by atoms with Crippen molar-refractivity contribution in [1.82, 2.24) is 15.0 Å². The minimum atomic E-state index is 0.193. The van der Waals surface area contributed by atoms with Crippen molar-refractivity contribution in [2.45, 2.75) is 57.8 Å². The first kappa shape index (κ1) is 17.6. The Morgan fingerprint density at radius 3 is 2.76 bits per heavy atom. The fraction of sp³-hybridized carbons (Fsp3) is 0.550. The number of rotatable bonds is 5. The number of aryl methyl sites for hydroxylation is 1. The fourth-order valence-corrected chi connectivity index (χ4v) is 3.38. The first-order chi connectivity index (χ1) is 12.1. The van der Waals surface area contributed by atoms with Gasteiger partial charge in [-0.15, -0.1) is 0 Å². The second kappa shape index (κ2) is 8.28. The minimum absolute atomic E-state index is 0.193. The van der Waals surface area contributed by atoms with E-state index in [1.807, 2.05) is 18.7 Å². The summed E-state index contributed by atoms with van der Waals surface area (Å²) in [5, 5.41) is 3.95. The lowest BCUT2D eigenvalue weighted by atomic mass is 9.92. The molecule has 1 fully saturated rings. The van der Waals surface area contributed by atoms with Crippen molar-refractivity contribution in [3.63, 3.8) is 0 Å². The zero-order chi connectivity index (χ0) is 17.6. The van der Waals surface area contributed by atoms with E-state index in [9.17, 15) is 4.79 Å². The fourth-order valence-electron chi connectivity index (χ4n) is 3.38. The van der Waals surface area contributed by atoms with Crippen LogP contribution >= 0.6 is 0 Å². The summed E-state index contributed by atoms with van der Waals surface area (Å²) in [6, 6.07) is 10.6. The average molecular weight is 341 g/mol. The minimum Gasteiger partial charge on any atom is -0.343 e. The third-order valence-electron chi connectivity index (χ3n) is 4.90. The van der Waals surface area contributed by atoms with Gasteiger partial charge in [-0.3, -0.25) is 4.79 Å². The van der Waals surface area contributed by atoms with Crippen LogP contribution in [0.5, 0.6) is 0 Å². The highest BCUT2D eigenvalue weighted by Crippen LogP contribution is 2.28. The SMILES string of the molecule is CC(C)c1noc(CCC(=O)N2CCC[C@@H](c3ccccc3)CC2)n1. The van der Waals surface area contributed by atoms with E-state index in [0.717, 1.165) is 32.4 Å². The Hall–Kier alpha value is -2.17. The average Bonchev–Trinajstić information content (AvgIpc) is 2.97. The molecule has 1 aromatic carbocycles. The van der Waals surface area contributed by atoms with Gasteiger partial charge in [-0.2, -0.15) is 4.98 Å². The van der Waals surface area contributed by atoms with Crippen LogP contribution in [0.15, 0.2) is 34.9 Å². The molecule has 3 rings (SSSR count). The van der Waals surface area contributed by atoms with Crippen LogP contribution in [-0.4, -0.2) is 34.0 Å². The van der Waals surface area contributed by atoms with Crippen LogP contribution in [0.2, 0.25) is 0 Å². The van der Waals surface area contributed by atoms with Crippen LogP contribution in [0.3, 0.4) is 0 Å². The molecule has 25 heavy (non-hydrogen) atoms. The molecule has 1 saturated heterocycles. The maximum Gasteiger partial charge on any atom is 0.227 e. The largest absolute Gasteiger partial charge is 0.343 e. The van der Waals surface area contributed by atoms with Crippen molar-refractivity contribution < 1.29 is 9.32 Å². The van der Waals surface area contributed by atoms with Gasteiger partial charge in [0.15, 0.2) is 5.82 Å². The lowest BCUT2D eigenvalue weighted by Crippen LogP contribution is -2.32. The Balaban J connectivity index is 1.50. The molecule has 0 saturated carbocycles. The molecule has 2 heterocycles. The van der Waals surface area contributed by atoms with Gasteiger partial charge in [0, 0.05) is 31.8 Å². The molecule has 2 aromatic rings. The molecule has 0 radical (unpaired) electrons. The molecule has 1 aliphatic heterocycles. The molecule has 0 bridgehead atoms. The summed E-state index contributed by atoms with van der Waals surface area (Å²) < 4.78 is 5.23. The number of aromatic nitrogens is 2. The lowest BCUT2D eigenvalue weighted by molar-refractivity contribution is -0.131. The van der Waals surface area contributed by atoms with E-state index in [-0.39, 0.29) is 11.8 Å². The van der Waals surface area contributed by atoms with Crippen molar-refractivity contribution in [2.75, 3.05) is 13.1 Å². The monoisotopic (exact) mass is 341 g/mol. The van der Waals surface area contributed by atoms with Gasteiger partial charge in [-0.25, -0.2) is 0 Å². The van der Waals surface area contributed by atoms with Gasteiger partial charge in [0.05, 0.1) is 0 Å². The first-order valence-corrected chi connectivity index (χ1v) is 9.28. The standard InChI is InChI=1S/C20H27N3O2/c1-15(2)20-21-18(25-22-20)10-11-19(24)23-13-6-9-17(12-14-23)16-7-4-3-5-8-16/h3-5,7-8,15,17H,6,9-14H2,1-2H3/t17-/m1/s1. The summed E-state index contributed by atoms with van der Waals surface area (Å²) in [6.07, 6.45) is 4.21. The van der Waals surface area contributed by atoms with Crippen molar-refractivity contribution in [3.8, 4) is 0 Å². The molecular formula is C20H27N3O2. The van der Waals surface area contributed by atoms with Crippen molar-refractivity contribution in [1.29, 1.82) is 0 Å². The predicted molar refractivity (Wildman–Crippen MR) is 96.3 cm³/mol. The van der Waals surface area contributed by atoms with Gasteiger partial charge in [0.25, 0.3) is 0 Å². The van der Waals surface area contributed by atoms with E-state index >= 15 is 0 Å². The van der Waals surface area contributed by atoms with Crippen LogP contribution in [-0.2, 0) is 11.2 Å². The number of hydrogen-bond acceptors (Lipinski definition) is 4. The molecule has 0 N–H and O–H groups in total. The molecule has 0 aliphatic carbocycles. The Morgan fingerprint density at radius 1 is 1.24 bits per heavy atom. The predicted octanol–water partition coefficient (Wildman–Crippen LogP) is 3.92. The number of carbonyl (C=O) groups is 1. The number of hydrogen-bond donors (Lipinski definition) is 0. The van der Waals surface area contributed by atoms with E-state index in [0.29, 0.717) is 30.5 Å². The molecule has 5 nitrogen and oxygen atoms in total. The second-order valence-corrected chi connectivity index (χ2v) is 7.12. The molecule has 0 spiro atoms. The zero-order valence-corrected chi connectivity index (χ0v) is 15.1. The summed E-state index contributed by atoms with van der Waals surface area (Å²) in [5.41, 5.74) is 1.39. The Morgan fingerprint density at radius 2 is 2.04 bits per heavy atom. The normalized spacial score (nSPS) is 18.4. The molecule has 1 atom stereocenters. The maximum absolute atomic E-state index is 12.5. The number of nitrogens with zero attached hydrogens (tertiary/aromatic N) is 3. The Labute approximate surface area is 149 Å². The number of carbonyl (C=O) groups excluding carboxylic acids is 1. The lowest BCUT2D eigenvalue weighted by Gasteiger charge is -2.20. The smallest absolute Gasteiger partial charge is 0.227 e. The first-order valence-electron chi connectivity index (χ1n) is 9.28. The molecule has 5 heteroatoms. The highest BCUT2D eigenvalue weighted by molar-refractivity contribution is 5.76. The molecule has 1 aromatic heterocycles. The zero-order valence-electron chi connectivity index (χ0n) is 15.1. The second-order valence-electron chi connectivity index (χ2n) is 7.12. The molecular weight excluding hydrogens is 314 g/mol. The summed E-state index contributed by atoms with van der Waals surface area (Å²) >= 11 is 0. The Kier molecular flexibility index (Phi) is 5.84.